The van der Waals surface area contributed by atoms with Crippen LogP contribution in [0.2, 0.25) is 0 Å². The number of ether oxygens (including phenoxy) is 1. The molecule has 0 radical (unpaired) electrons. The molecule has 1 aliphatic heterocycles. The molecule has 3 rings (SSSR count). The highest BCUT2D eigenvalue weighted by atomic mass is 19.1. The van der Waals surface area contributed by atoms with Crippen molar-refractivity contribution >= 4 is 5.69 Å². The maximum atomic E-state index is 13.8. The van der Waals surface area contributed by atoms with E-state index in [9.17, 15) is 8.78 Å². The van der Waals surface area contributed by atoms with Crippen molar-refractivity contribution in [1.82, 2.24) is 0 Å². The molecule has 2 unspecified atom stereocenters. The molecule has 2 aromatic carbocycles. The van der Waals surface area contributed by atoms with Crippen LogP contribution in [0.25, 0.3) is 0 Å². The van der Waals surface area contributed by atoms with E-state index in [4.69, 9.17) is 4.74 Å². The Labute approximate surface area is 116 Å². The van der Waals surface area contributed by atoms with E-state index < -0.39 is 11.6 Å². The van der Waals surface area contributed by atoms with Gasteiger partial charge in [0.1, 0.15) is 17.4 Å². The number of halogens is 2. The molecule has 2 aromatic rings. The summed E-state index contributed by atoms with van der Waals surface area (Å²) in [6, 6.07) is 11.0. The molecular formula is C16H15F2NO. The molecule has 0 saturated heterocycles. The highest BCUT2D eigenvalue weighted by Gasteiger charge is 2.28. The van der Waals surface area contributed by atoms with Crippen LogP contribution >= 0.6 is 0 Å². The first-order chi connectivity index (χ1) is 9.65. The number of anilines is 1. The quantitative estimate of drug-likeness (QED) is 0.889. The van der Waals surface area contributed by atoms with E-state index in [0.29, 0.717) is 6.61 Å². The van der Waals surface area contributed by atoms with Crippen molar-refractivity contribution in [2.75, 3.05) is 11.9 Å². The molecule has 20 heavy (non-hydrogen) atoms. The van der Waals surface area contributed by atoms with Gasteiger partial charge in [0.2, 0.25) is 0 Å². The monoisotopic (exact) mass is 275 g/mol. The number of fused-ring (bicyclic) bond motifs is 1. The average Bonchev–Trinajstić information content (AvgIpc) is 2.46. The van der Waals surface area contributed by atoms with Crippen LogP contribution in [0.5, 0.6) is 5.75 Å². The zero-order chi connectivity index (χ0) is 14.1. The summed E-state index contributed by atoms with van der Waals surface area (Å²) in [7, 11) is 0. The number of para-hydroxylation sites is 1. The van der Waals surface area contributed by atoms with Gasteiger partial charge in [0.25, 0.3) is 0 Å². The number of rotatable bonds is 2. The van der Waals surface area contributed by atoms with Crippen LogP contribution in [0.15, 0.2) is 42.5 Å². The largest absolute Gasteiger partial charge is 0.493 e. The first-order valence-corrected chi connectivity index (χ1v) is 6.58. The van der Waals surface area contributed by atoms with E-state index in [2.05, 4.69) is 5.32 Å². The highest BCUT2D eigenvalue weighted by molar-refractivity contribution is 5.50. The van der Waals surface area contributed by atoms with Gasteiger partial charge in [-0.2, -0.15) is 0 Å². The van der Waals surface area contributed by atoms with Gasteiger partial charge in [-0.3, -0.25) is 0 Å². The van der Waals surface area contributed by atoms with Crippen LogP contribution < -0.4 is 10.1 Å². The van der Waals surface area contributed by atoms with Gasteiger partial charge < -0.3 is 10.1 Å². The first-order valence-electron chi connectivity index (χ1n) is 6.58. The molecule has 0 bridgehead atoms. The molecule has 4 heteroatoms. The van der Waals surface area contributed by atoms with E-state index in [1.54, 1.807) is 0 Å². The Balaban J connectivity index is 1.95. The Hall–Kier alpha value is -2.10. The molecule has 2 nitrogen and oxygen atoms in total. The van der Waals surface area contributed by atoms with Crippen molar-refractivity contribution in [3.05, 3.63) is 59.7 Å². The zero-order valence-corrected chi connectivity index (χ0v) is 11.1. The van der Waals surface area contributed by atoms with Crippen molar-refractivity contribution in [3.8, 4) is 5.75 Å². The van der Waals surface area contributed by atoms with E-state index in [0.717, 1.165) is 23.4 Å². The predicted octanol–water partition coefficient (Wildman–Crippen LogP) is 4.15. The Morgan fingerprint density at radius 1 is 1.15 bits per heavy atom. The van der Waals surface area contributed by atoms with Crippen molar-refractivity contribution in [3.63, 3.8) is 0 Å². The van der Waals surface area contributed by atoms with Gasteiger partial charge in [-0.1, -0.05) is 25.1 Å². The molecule has 0 aliphatic carbocycles. The number of benzene rings is 2. The summed E-state index contributed by atoms with van der Waals surface area (Å²) >= 11 is 0. The lowest BCUT2D eigenvalue weighted by molar-refractivity contribution is 0.214. The molecule has 0 saturated carbocycles. The normalized spacial score (nSPS) is 20.9. The van der Waals surface area contributed by atoms with Gasteiger partial charge in [-0.05, 0) is 24.3 Å². The molecule has 1 aliphatic rings. The Bertz CT molecular complexity index is 630. The fourth-order valence-corrected chi connectivity index (χ4v) is 2.49. The lowest BCUT2D eigenvalue weighted by atomic mass is 9.92. The minimum absolute atomic E-state index is 0.101. The summed E-state index contributed by atoms with van der Waals surface area (Å²) in [6.45, 7) is 2.57. The van der Waals surface area contributed by atoms with Gasteiger partial charge in [0.15, 0.2) is 0 Å². The van der Waals surface area contributed by atoms with Crippen LogP contribution in [0.3, 0.4) is 0 Å². The second-order valence-corrected chi connectivity index (χ2v) is 5.07. The van der Waals surface area contributed by atoms with E-state index in [1.165, 1.54) is 6.07 Å². The maximum Gasteiger partial charge on any atom is 0.146 e. The van der Waals surface area contributed by atoms with Crippen LogP contribution in [-0.4, -0.2) is 6.61 Å². The molecule has 1 N–H and O–H groups in total. The van der Waals surface area contributed by atoms with Gasteiger partial charge in [0, 0.05) is 11.5 Å². The number of hydrogen-bond acceptors (Lipinski definition) is 2. The van der Waals surface area contributed by atoms with Crippen LogP contribution in [-0.2, 0) is 0 Å². The average molecular weight is 275 g/mol. The van der Waals surface area contributed by atoms with E-state index in [1.807, 2.05) is 31.2 Å². The molecule has 0 fully saturated rings. The maximum absolute atomic E-state index is 13.8. The summed E-state index contributed by atoms with van der Waals surface area (Å²) in [6.07, 6.45) is 0. The summed E-state index contributed by atoms with van der Waals surface area (Å²) in [4.78, 5) is 0. The fraction of sp³-hybridized carbons (Fsp3) is 0.250. The second-order valence-electron chi connectivity index (χ2n) is 5.07. The van der Waals surface area contributed by atoms with Gasteiger partial charge in [-0.25, -0.2) is 8.78 Å². The van der Waals surface area contributed by atoms with Gasteiger partial charge in [-0.15, -0.1) is 0 Å². The third-order valence-electron chi connectivity index (χ3n) is 3.56. The molecule has 0 amide bonds. The second kappa shape index (κ2) is 5.12. The minimum Gasteiger partial charge on any atom is -0.493 e. The van der Waals surface area contributed by atoms with Crippen molar-refractivity contribution in [1.29, 1.82) is 0 Å². The molecule has 2 atom stereocenters. The lowest BCUT2D eigenvalue weighted by Crippen LogP contribution is -2.29. The Morgan fingerprint density at radius 3 is 2.80 bits per heavy atom. The lowest BCUT2D eigenvalue weighted by Gasteiger charge is -2.32. The first kappa shape index (κ1) is 12.9. The summed E-state index contributed by atoms with van der Waals surface area (Å²) < 4.78 is 32.7. The zero-order valence-electron chi connectivity index (χ0n) is 11.1. The number of nitrogens with one attached hydrogen (secondary N) is 1. The molecule has 1 heterocycles. The SMILES string of the molecule is CC1COc2ccccc2C1Nc1cc(F)ccc1F. The minimum atomic E-state index is -0.457. The van der Waals surface area contributed by atoms with Crippen LogP contribution in [0.4, 0.5) is 14.5 Å². The van der Waals surface area contributed by atoms with E-state index in [-0.39, 0.29) is 17.6 Å². The molecule has 0 spiro atoms. The van der Waals surface area contributed by atoms with Gasteiger partial charge >= 0.3 is 0 Å². The van der Waals surface area contributed by atoms with E-state index >= 15 is 0 Å². The van der Waals surface area contributed by atoms with Crippen LogP contribution in [0, 0.1) is 17.6 Å². The van der Waals surface area contributed by atoms with Crippen molar-refractivity contribution < 1.29 is 13.5 Å². The Kier molecular flexibility index (Phi) is 3.30. The number of hydrogen-bond donors (Lipinski definition) is 1. The fourth-order valence-electron chi connectivity index (χ4n) is 2.49. The Morgan fingerprint density at radius 2 is 1.95 bits per heavy atom. The predicted molar refractivity (Wildman–Crippen MR) is 73.8 cm³/mol. The third kappa shape index (κ3) is 2.33. The van der Waals surface area contributed by atoms with Crippen LogP contribution in [0.1, 0.15) is 18.5 Å². The molecule has 0 aromatic heterocycles. The highest BCUT2D eigenvalue weighted by Crippen LogP contribution is 2.37. The summed E-state index contributed by atoms with van der Waals surface area (Å²) in [5, 5.41) is 3.10. The summed E-state index contributed by atoms with van der Waals surface area (Å²) in [5.74, 6) is 0.0388. The smallest absolute Gasteiger partial charge is 0.146 e. The van der Waals surface area contributed by atoms with Crippen molar-refractivity contribution in [2.45, 2.75) is 13.0 Å². The van der Waals surface area contributed by atoms with Gasteiger partial charge in [0.05, 0.1) is 18.3 Å². The summed E-state index contributed by atoms with van der Waals surface area (Å²) in [5.41, 5.74) is 1.15. The third-order valence-corrected chi connectivity index (χ3v) is 3.56. The molecule has 104 valence electrons. The standard InChI is InChI=1S/C16H15F2NO/c1-10-9-20-15-5-3-2-4-12(15)16(10)19-14-8-11(17)6-7-13(14)18/h2-8,10,16,19H,9H2,1H3. The van der Waals surface area contributed by atoms with Crippen molar-refractivity contribution in [2.24, 2.45) is 5.92 Å². The molecular weight excluding hydrogens is 260 g/mol. The topological polar surface area (TPSA) is 21.3 Å².